The Balaban J connectivity index is 1.79. The summed E-state index contributed by atoms with van der Waals surface area (Å²) in [5.74, 6) is 0.0786. The van der Waals surface area contributed by atoms with Gasteiger partial charge >= 0.3 is 0 Å². The highest BCUT2D eigenvalue weighted by atomic mass is 32.2. The van der Waals surface area contributed by atoms with Crippen molar-refractivity contribution >= 4 is 21.6 Å². The van der Waals surface area contributed by atoms with Crippen LogP contribution in [0.1, 0.15) is 18.4 Å². The number of anilines is 1. The van der Waals surface area contributed by atoms with Gasteiger partial charge in [0.2, 0.25) is 15.9 Å². The van der Waals surface area contributed by atoms with Crippen molar-refractivity contribution in [2.24, 2.45) is 5.92 Å². The van der Waals surface area contributed by atoms with E-state index in [1.807, 2.05) is 31.2 Å². The van der Waals surface area contributed by atoms with Crippen LogP contribution in [0, 0.1) is 12.8 Å². The van der Waals surface area contributed by atoms with Gasteiger partial charge in [-0.05, 0) is 44.0 Å². The Bertz CT molecular complexity index is 973. The molecule has 29 heavy (non-hydrogen) atoms. The van der Waals surface area contributed by atoms with Crippen LogP contribution in [-0.4, -0.2) is 45.9 Å². The van der Waals surface area contributed by atoms with Crippen LogP contribution >= 0.6 is 0 Å². The molecule has 2 aromatic rings. The predicted molar refractivity (Wildman–Crippen MR) is 111 cm³/mol. The molecule has 0 saturated carbocycles. The smallest absolute Gasteiger partial charge is 0.246 e. The molecule has 1 fully saturated rings. The standard InChI is InChI=1S/C21H26N2O5S/c1-15-6-8-17(9-7-15)22-21(24)16-5-4-12-23(14-16)29(25,26)20-13-18(27-2)10-11-19(20)28-3/h6-11,13,16H,4-5,12,14H2,1-3H3,(H,22,24)/t16-/m0/s1. The fourth-order valence-electron chi connectivity index (χ4n) is 3.38. The molecule has 1 aliphatic heterocycles. The van der Waals surface area contributed by atoms with E-state index in [2.05, 4.69) is 5.32 Å². The molecule has 0 aliphatic carbocycles. The first-order valence-electron chi connectivity index (χ1n) is 9.45. The Labute approximate surface area is 171 Å². The fraction of sp³-hybridized carbons (Fsp3) is 0.381. The van der Waals surface area contributed by atoms with Gasteiger partial charge in [0.25, 0.3) is 0 Å². The van der Waals surface area contributed by atoms with Crippen LogP contribution < -0.4 is 14.8 Å². The van der Waals surface area contributed by atoms with Crippen molar-refractivity contribution in [3.63, 3.8) is 0 Å². The number of carbonyl (C=O) groups is 1. The summed E-state index contributed by atoms with van der Waals surface area (Å²) in [6.07, 6.45) is 1.25. The molecule has 3 rings (SSSR count). The zero-order chi connectivity index (χ0) is 21.0. The highest BCUT2D eigenvalue weighted by molar-refractivity contribution is 7.89. The van der Waals surface area contributed by atoms with Crippen LogP contribution in [0.5, 0.6) is 11.5 Å². The second-order valence-corrected chi connectivity index (χ2v) is 8.98. The Hall–Kier alpha value is -2.58. The molecule has 0 aromatic heterocycles. The van der Waals surface area contributed by atoms with E-state index >= 15 is 0 Å². The summed E-state index contributed by atoms with van der Waals surface area (Å²) in [7, 11) is -0.932. The van der Waals surface area contributed by atoms with E-state index in [1.54, 1.807) is 12.1 Å². The van der Waals surface area contributed by atoms with Crippen molar-refractivity contribution in [1.29, 1.82) is 0 Å². The zero-order valence-electron chi connectivity index (χ0n) is 16.8. The molecule has 1 N–H and O–H groups in total. The number of hydrogen-bond acceptors (Lipinski definition) is 5. The molecule has 1 aliphatic rings. The number of amides is 1. The van der Waals surface area contributed by atoms with Crippen LogP contribution in [0.15, 0.2) is 47.4 Å². The number of sulfonamides is 1. The number of ether oxygens (including phenoxy) is 2. The molecule has 1 heterocycles. The average molecular weight is 419 g/mol. The lowest BCUT2D eigenvalue weighted by Gasteiger charge is -2.31. The topological polar surface area (TPSA) is 84.9 Å². The van der Waals surface area contributed by atoms with E-state index in [0.29, 0.717) is 30.8 Å². The minimum absolute atomic E-state index is 0.0407. The molecule has 0 bridgehead atoms. The maximum absolute atomic E-state index is 13.3. The van der Waals surface area contributed by atoms with Gasteiger partial charge in [-0.1, -0.05) is 17.7 Å². The number of hydrogen-bond donors (Lipinski definition) is 1. The van der Waals surface area contributed by atoms with Gasteiger partial charge in [-0.3, -0.25) is 4.79 Å². The lowest BCUT2D eigenvalue weighted by molar-refractivity contribution is -0.120. The summed E-state index contributed by atoms with van der Waals surface area (Å²) in [5.41, 5.74) is 1.81. The van der Waals surface area contributed by atoms with Crippen LogP contribution in [0.4, 0.5) is 5.69 Å². The van der Waals surface area contributed by atoms with Gasteiger partial charge in [-0.25, -0.2) is 8.42 Å². The zero-order valence-corrected chi connectivity index (χ0v) is 17.7. The van der Waals surface area contributed by atoms with Gasteiger partial charge in [-0.15, -0.1) is 0 Å². The van der Waals surface area contributed by atoms with Gasteiger partial charge in [0.1, 0.15) is 16.4 Å². The van der Waals surface area contributed by atoms with Crippen molar-refractivity contribution < 1.29 is 22.7 Å². The van der Waals surface area contributed by atoms with Gasteiger partial charge < -0.3 is 14.8 Å². The first-order valence-corrected chi connectivity index (χ1v) is 10.9. The third-order valence-corrected chi connectivity index (χ3v) is 6.95. The quantitative estimate of drug-likeness (QED) is 0.779. The SMILES string of the molecule is COc1ccc(OC)c(S(=O)(=O)N2CCC[C@H](C(=O)Nc3ccc(C)cc3)C2)c1. The first kappa shape index (κ1) is 21.1. The molecule has 156 valence electrons. The van der Waals surface area contributed by atoms with Gasteiger partial charge in [0.15, 0.2) is 0 Å². The van der Waals surface area contributed by atoms with E-state index in [-0.39, 0.29) is 23.1 Å². The second kappa shape index (κ2) is 8.84. The van der Waals surface area contributed by atoms with Gasteiger partial charge in [0.05, 0.1) is 20.1 Å². The molecular weight excluding hydrogens is 392 g/mol. The molecule has 1 saturated heterocycles. The molecule has 0 spiro atoms. The molecule has 1 amide bonds. The Kier molecular flexibility index (Phi) is 6.44. The number of nitrogens with one attached hydrogen (secondary N) is 1. The third-order valence-electron chi connectivity index (χ3n) is 5.06. The number of rotatable bonds is 6. The molecule has 0 radical (unpaired) electrons. The number of carbonyl (C=O) groups excluding carboxylic acids is 1. The molecule has 8 heteroatoms. The fourth-order valence-corrected chi connectivity index (χ4v) is 5.08. The van der Waals surface area contributed by atoms with E-state index in [1.165, 1.54) is 24.6 Å². The average Bonchev–Trinajstić information content (AvgIpc) is 2.74. The number of aryl methyl sites for hydroxylation is 1. The van der Waals surface area contributed by atoms with Gasteiger partial charge in [0, 0.05) is 24.8 Å². The predicted octanol–water partition coefficient (Wildman–Crippen LogP) is 3.05. The van der Waals surface area contributed by atoms with Crippen molar-refractivity contribution in [3.8, 4) is 11.5 Å². The van der Waals surface area contributed by atoms with Crippen molar-refractivity contribution in [1.82, 2.24) is 4.31 Å². The summed E-state index contributed by atoms with van der Waals surface area (Å²) < 4.78 is 38.3. The minimum Gasteiger partial charge on any atom is -0.497 e. The Morgan fingerprint density at radius 1 is 1.10 bits per heavy atom. The van der Waals surface area contributed by atoms with Crippen LogP contribution in [-0.2, 0) is 14.8 Å². The first-order chi connectivity index (χ1) is 13.8. The summed E-state index contributed by atoms with van der Waals surface area (Å²) in [4.78, 5) is 12.7. The molecular formula is C21H26N2O5S. The van der Waals surface area contributed by atoms with Crippen molar-refractivity contribution in [2.75, 3.05) is 32.6 Å². The lowest BCUT2D eigenvalue weighted by Crippen LogP contribution is -2.43. The highest BCUT2D eigenvalue weighted by Crippen LogP contribution is 2.32. The normalized spacial score (nSPS) is 17.6. The molecule has 7 nitrogen and oxygen atoms in total. The van der Waals surface area contributed by atoms with Crippen LogP contribution in [0.25, 0.3) is 0 Å². The highest BCUT2D eigenvalue weighted by Gasteiger charge is 2.35. The van der Waals surface area contributed by atoms with E-state index < -0.39 is 15.9 Å². The maximum Gasteiger partial charge on any atom is 0.246 e. The summed E-state index contributed by atoms with van der Waals surface area (Å²) in [6.45, 7) is 2.46. The Morgan fingerprint density at radius 2 is 1.83 bits per heavy atom. The second-order valence-electron chi connectivity index (χ2n) is 7.07. The van der Waals surface area contributed by atoms with Crippen molar-refractivity contribution in [2.45, 2.75) is 24.7 Å². The summed E-state index contributed by atoms with van der Waals surface area (Å²) >= 11 is 0. The maximum atomic E-state index is 13.3. The third kappa shape index (κ3) is 4.71. The molecule has 1 atom stereocenters. The Morgan fingerprint density at radius 3 is 2.48 bits per heavy atom. The number of piperidine rings is 1. The number of nitrogens with zero attached hydrogens (tertiary/aromatic N) is 1. The largest absolute Gasteiger partial charge is 0.497 e. The van der Waals surface area contributed by atoms with Crippen LogP contribution in [0.2, 0.25) is 0 Å². The van der Waals surface area contributed by atoms with Gasteiger partial charge in [-0.2, -0.15) is 4.31 Å². The number of methoxy groups -OCH3 is 2. The summed E-state index contributed by atoms with van der Waals surface area (Å²) in [5, 5.41) is 2.89. The van der Waals surface area contributed by atoms with E-state index in [9.17, 15) is 13.2 Å². The van der Waals surface area contributed by atoms with E-state index in [4.69, 9.17) is 9.47 Å². The molecule has 2 aromatic carbocycles. The number of benzene rings is 2. The van der Waals surface area contributed by atoms with Crippen LogP contribution in [0.3, 0.4) is 0 Å². The minimum atomic E-state index is -3.83. The summed E-state index contributed by atoms with van der Waals surface area (Å²) in [6, 6.07) is 12.2. The van der Waals surface area contributed by atoms with E-state index in [0.717, 1.165) is 5.56 Å². The van der Waals surface area contributed by atoms with Crippen molar-refractivity contribution in [3.05, 3.63) is 48.0 Å². The monoisotopic (exact) mass is 418 g/mol. The lowest BCUT2D eigenvalue weighted by atomic mass is 9.98. The molecule has 0 unspecified atom stereocenters.